The van der Waals surface area contributed by atoms with Crippen LogP contribution in [0.4, 0.5) is 0 Å². The number of carbonyl (C=O) groups excluding carboxylic acids is 1. The molecule has 2 aromatic carbocycles. The second-order valence-electron chi connectivity index (χ2n) is 6.57. The largest absolute Gasteiger partial charge is 0.493 e. The van der Waals surface area contributed by atoms with Crippen molar-refractivity contribution in [1.29, 1.82) is 0 Å². The number of ether oxygens (including phenoxy) is 2. The number of amides is 1. The van der Waals surface area contributed by atoms with Crippen LogP contribution >= 0.6 is 11.6 Å². The smallest absolute Gasteiger partial charge is 0.251 e. The molecule has 0 spiro atoms. The third kappa shape index (κ3) is 4.90. The molecule has 0 aliphatic rings. The highest BCUT2D eigenvalue weighted by Gasteiger charge is 2.15. The Morgan fingerprint density at radius 1 is 1.17 bits per heavy atom. The van der Waals surface area contributed by atoms with Gasteiger partial charge >= 0.3 is 0 Å². The van der Waals surface area contributed by atoms with Gasteiger partial charge in [-0.3, -0.25) is 4.79 Å². The van der Waals surface area contributed by atoms with Crippen LogP contribution in [-0.4, -0.2) is 36.5 Å². The second kappa shape index (κ2) is 9.47. The van der Waals surface area contributed by atoms with Crippen molar-refractivity contribution in [3.05, 3.63) is 70.5 Å². The van der Waals surface area contributed by atoms with Gasteiger partial charge in [-0.15, -0.1) is 0 Å². The number of halogens is 1. The van der Waals surface area contributed by atoms with Crippen LogP contribution in [0.15, 0.2) is 48.7 Å². The third-order valence-corrected chi connectivity index (χ3v) is 4.91. The zero-order valence-electron chi connectivity index (χ0n) is 16.7. The van der Waals surface area contributed by atoms with Crippen LogP contribution in [0.3, 0.4) is 0 Å². The fourth-order valence-corrected chi connectivity index (χ4v) is 3.37. The number of aromatic nitrogens is 2. The van der Waals surface area contributed by atoms with E-state index in [4.69, 9.17) is 21.1 Å². The van der Waals surface area contributed by atoms with Crippen molar-refractivity contribution in [3.8, 4) is 17.2 Å². The van der Waals surface area contributed by atoms with Gasteiger partial charge in [0.25, 0.3) is 5.91 Å². The highest BCUT2D eigenvalue weighted by atomic mass is 35.5. The van der Waals surface area contributed by atoms with Crippen molar-refractivity contribution in [1.82, 2.24) is 15.1 Å². The number of methoxy groups -OCH3 is 2. The van der Waals surface area contributed by atoms with E-state index in [0.29, 0.717) is 28.6 Å². The molecule has 29 heavy (non-hydrogen) atoms. The van der Waals surface area contributed by atoms with Crippen LogP contribution in [0.2, 0.25) is 5.02 Å². The van der Waals surface area contributed by atoms with Gasteiger partial charge in [-0.05, 0) is 49.6 Å². The van der Waals surface area contributed by atoms with E-state index < -0.39 is 0 Å². The van der Waals surface area contributed by atoms with Gasteiger partial charge in [-0.25, -0.2) is 4.68 Å². The number of hydrogen-bond acceptors (Lipinski definition) is 4. The molecule has 0 saturated carbocycles. The standard InChI is InChI=1S/C22H24ClN3O3/c1-15-16(14-26(25-15)18-9-5-4-6-10-18)8-7-11-24-22(27)17-12-19(23)21(29-3)20(13-17)28-2/h4-6,9-10,12-14H,7-8,11H2,1-3H3,(H,24,27). The summed E-state index contributed by atoms with van der Waals surface area (Å²) >= 11 is 6.17. The SMILES string of the molecule is COc1cc(C(=O)NCCCc2cn(-c3ccccc3)nc2C)cc(Cl)c1OC. The summed E-state index contributed by atoms with van der Waals surface area (Å²) in [6.07, 6.45) is 3.67. The number of carbonyl (C=O) groups is 1. The Morgan fingerprint density at radius 2 is 1.93 bits per heavy atom. The minimum Gasteiger partial charge on any atom is -0.493 e. The van der Waals surface area contributed by atoms with Crippen molar-refractivity contribution in [2.45, 2.75) is 19.8 Å². The molecule has 152 valence electrons. The molecule has 1 N–H and O–H groups in total. The van der Waals surface area contributed by atoms with Crippen molar-refractivity contribution in [2.75, 3.05) is 20.8 Å². The molecule has 0 saturated heterocycles. The maximum atomic E-state index is 12.4. The van der Waals surface area contributed by atoms with Gasteiger partial charge < -0.3 is 14.8 Å². The fourth-order valence-electron chi connectivity index (χ4n) is 3.09. The topological polar surface area (TPSA) is 65.4 Å². The van der Waals surface area contributed by atoms with E-state index in [2.05, 4.69) is 10.4 Å². The van der Waals surface area contributed by atoms with Crippen LogP contribution in [-0.2, 0) is 6.42 Å². The van der Waals surface area contributed by atoms with Gasteiger partial charge in [0.15, 0.2) is 11.5 Å². The third-order valence-electron chi connectivity index (χ3n) is 4.63. The highest BCUT2D eigenvalue weighted by Crippen LogP contribution is 2.35. The summed E-state index contributed by atoms with van der Waals surface area (Å²) in [5, 5.41) is 7.83. The molecule has 1 amide bonds. The summed E-state index contributed by atoms with van der Waals surface area (Å²) < 4.78 is 12.3. The van der Waals surface area contributed by atoms with Crippen LogP contribution in [0.5, 0.6) is 11.5 Å². The first-order valence-electron chi connectivity index (χ1n) is 9.33. The van der Waals surface area contributed by atoms with Crippen molar-refractivity contribution in [3.63, 3.8) is 0 Å². The lowest BCUT2D eigenvalue weighted by Gasteiger charge is -2.12. The zero-order valence-corrected chi connectivity index (χ0v) is 17.5. The van der Waals surface area contributed by atoms with E-state index in [1.165, 1.54) is 14.2 Å². The lowest BCUT2D eigenvalue weighted by atomic mass is 10.1. The number of para-hydroxylation sites is 1. The highest BCUT2D eigenvalue weighted by molar-refractivity contribution is 6.32. The summed E-state index contributed by atoms with van der Waals surface area (Å²) in [4.78, 5) is 12.4. The number of nitrogens with one attached hydrogen (secondary N) is 1. The van der Waals surface area contributed by atoms with Gasteiger partial charge in [-0.2, -0.15) is 5.10 Å². The van der Waals surface area contributed by atoms with E-state index >= 15 is 0 Å². The Morgan fingerprint density at radius 3 is 2.62 bits per heavy atom. The van der Waals surface area contributed by atoms with Crippen LogP contribution in [0.1, 0.15) is 28.0 Å². The Bertz CT molecular complexity index is 986. The molecule has 0 fully saturated rings. The zero-order chi connectivity index (χ0) is 20.8. The van der Waals surface area contributed by atoms with Crippen LogP contribution in [0, 0.1) is 6.92 Å². The fraction of sp³-hybridized carbons (Fsp3) is 0.273. The van der Waals surface area contributed by atoms with Gasteiger partial charge in [0.2, 0.25) is 0 Å². The molecular formula is C22H24ClN3O3. The molecule has 6 nitrogen and oxygen atoms in total. The average Bonchev–Trinajstić information content (AvgIpc) is 3.11. The maximum absolute atomic E-state index is 12.4. The van der Waals surface area contributed by atoms with Crippen LogP contribution in [0.25, 0.3) is 5.69 Å². The molecule has 3 rings (SSSR count). The van der Waals surface area contributed by atoms with E-state index in [9.17, 15) is 4.79 Å². The molecule has 7 heteroatoms. The molecule has 0 radical (unpaired) electrons. The van der Waals surface area contributed by atoms with Gasteiger partial charge in [0, 0.05) is 18.3 Å². The molecular weight excluding hydrogens is 390 g/mol. The molecule has 0 aliphatic carbocycles. The van der Waals surface area contributed by atoms with Gasteiger partial charge in [0.1, 0.15) is 0 Å². The summed E-state index contributed by atoms with van der Waals surface area (Å²) in [7, 11) is 3.01. The average molecular weight is 414 g/mol. The normalized spacial score (nSPS) is 10.6. The molecule has 0 aliphatic heterocycles. The first kappa shape index (κ1) is 20.7. The summed E-state index contributed by atoms with van der Waals surface area (Å²) in [5.74, 6) is 0.635. The maximum Gasteiger partial charge on any atom is 0.251 e. The lowest BCUT2D eigenvalue weighted by Crippen LogP contribution is -2.24. The minimum absolute atomic E-state index is 0.204. The summed E-state index contributed by atoms with van der Waals surface area (Å²) in [6.45, 7) is 2.54. The Kier molecular flexibility index (Phi) is 6.77. The van der Waals surface area contributed by atoms with E-state index in [0.717, 1.165) is 29.8 Å². The predicted octanol–water partition coefficient (Wildman–Crippen LogP) is 4.21. The van der Waals surface area contributed by atoms with Crippen molar-refractivity contribution >= 4 is 17.5 Å². The second-order valence-corrected chi connectivity index (χ2v) is 6.98. The Balaban J connectivity index is 1.57. The van der Waals surface area contributed by atoms with Crippen LogP contribution < -0.4 is 14.8 Å². The predicted molar refractivity (Wildman–Crippen MR) is 114 cm³/mol. The number of benzene rings is 2. The van der Waals surface area contributed by atoms with E-state index in [1.54, 1.807) is 12.1 Å². The van der Waals surface area contributed by atoms with E-state index in [1.807, 2.05) is 48.1 Å². The molecule has 1 aromatic heterocycles. The van der Waals surface area contributed by atoms with Gasteiger partial charge in [0.05, 0.1) is 30.6 Å². The Labute approximate surface area is 175 Å². The first-order valence-corrected chi connectivity index (χ1v) is 9.71. The minimum atomic E-state index is -0.204. The van der Waals surface area contributed by atoms with E-state index in [-0.39, 0.29) is 5.91 Å². The summed E-state index contributed by atoms with van der Waals surface area (Å²) in [5.41, 5.74) is 3.62. The summed E-state index contributed by atoms with van der Waals surface area (Å²) in [6, 6.07) is 13.2. The van der Waals surface area contributed by atoms with Crippen molar-refractivity contribution < 1.29 is 14.3 Å². The van der Waals surface area contributed by atoms with Gasteiger partial charge in [-0.1, -0.05) is 29.8 Å². The number of hydrogen-bond donors (Lipinski definition) is 1. The number of nitrogens with zero attached hydrogens (tertiary/aromatic N) is 2. The molecule has 0 atom stereocenters. The quantitative estimate of drug-likeness (QED) is 0.562. The monoisotopic (exact) mass is 413 g/mol. The van der Waals surface area contributed by atoms with Crippen molar-refractivity contribution in [2.24, 2.45) is 0 Å². The lowest BCUT2D eigenvalue weighted by molar-refractivity contribution is 0.0953. The molecule has 0 unspecified atom stereocenters. The molecule has 3 aromatic rings. The number of rotatable bonds is 8. The molecule has 1 heterocycles. The number of aryl methyl sites for hydroxylation is 2. The molecule has 0 bridgehead atoms. The Hall–Kier alpha value is -2.99. The first-order chi connectivity index (χ1) is 14.0.